The first kappa shape index (κ1) is 24.3. The van der Waals surface area contributed by atoms with Gasteiger partial charge in [-0.25, -0.2) is 9.59 Å². The van der Waals surface area contributed by atoms with Gasteiger partial charge in [0.05, 0.1) is 17.4 Å². The van der Waals surface area contributed by atoms with E-state index < -0.39 is 18.3 Å². The summed E-state index contributed by atoms with van der Waals surface area (Å²) in [6.07, 6.45) is 0.447. The molecule has 2 fully saturated rings. The van der Waals surface area contributed by atoms with Crippen molar-refractivity contribution in [2.24, 2.45) is 5.92 Å². The van der Waals surface area contributed by atoms with E-state index in [4.69, 9.17) is 21.1 Å². The van der Waals surface area contributed by atoms with Crippen molar-refractivity contribution in [3.63, 3.8) is 0 Å². The third-order valence-corrected chi connectivity index (χ3v) is 7.01. The number of rotatable bonds is 7. The molecule has 3 heterocycles. The smallest absolute Gasteiger partial charge is 0.414 e. The van der Waals surface area contributed by atoms with Gasteiger partial charge in [0.15, 0.2) is 5.06 Å². The number of carbonyl (C=O) groups is 3. The molecule has 9 nitrogen and oxygen atoms in total. The quantitative estimate of drug-likeness (QED) is 0.587. The van der Waals surface area contributed by atoms with Crippen LogP contribution in [0.25, 0.3) is 0 Å². The molecule has 0 radical (unpaired) electrons. The zero-order valence-electron chi connectivity index (χ0n) is 18.7. The molecule has 2 atom stereocenters. The van der Waals surface area contributed by atoms with E-state index in [1.165, 1.54) is 4.90 Å². The number of aryl methyl sites for hydroxylation is 1. The van der Waals surface area contributed by atoms with Gasteiger partial charge < -0.3 is 24.8 Å². The van der Waals surface area contributed by atoms with E-state index in [0.717, 1.165) is 35.4 Å². The number of hydrogen-bond acceptors (Lipinski definition) is 7. The number of nitrogens with one attached hydrogen (secondary N) is 1. The number of piperidine rings is 1. The average Bonchev–Trinajstić information content (AvgIpc) is 3.39. The molecule has 0 aliphatic carbocycles. The molecule has 1 aromatic heterocycles. The van der Waals surface area contributed by atoms with Gasteiger partial charge in [-0.15, -0.1) is 0 Å². The van der Waals surface area contributed by atoms with Crippen LogP contribution in [0.4, 0.5) is 21.0 Å². The molecule has 0 bridgehead atoms. The van der Waals surface area contributed by atoms with Gasteiger partial charge in [0.25, 0.3) is 0 Å². The molecule has 2 N–H and O–H groups in total. The lowest BCUT2D eigenvalue weighted by molar-refractivity contribution is -0.124. The number of ether oxygens (including phenoxy) is 2. The number of nitrogens with zero attached hydrogens (tertiary/aromatic N) is 2. The second-order valence-corrected chi connectivity index (χ2v) is 9.94. The predicted molar refractivity (Wildman–Crippen MR) is 129 cm³/mol. The topological polar surface area (TPSA) is 108 Å². The van der Waals surface area contributed by atoms with Crippen molar-refractivity contribution < 1.29 is 29.0 Å². The number of cyclic esters (lactones) is 1. The van der Waals surface area contributed by atoms with Crippen LogP contribution in [0.15, 0.2) is 30.3 Å². The Bertz CT molecular complexity index is 1070. The van der Waals surface area contributed by atoms with Gasteiger partial charge in [-0.1, -0.05) is 22.9 Å². The molecule has 2 aliphatic rings. The van der Waals surface area contributed by atoms with Crippen molar-refractivity contribution in [1.29, 1.82) is 0 Å². The Kier molecular flexibility index (Phi) is 7.60. The van der Waals surface area contributed by atoms with Crippen LogP contribution in [-0.4, -0.2) is 55.5 Å². The van der Waals surface area contributed by atoms with E-state index in [9.17, 15) is 19.5 Å². The number of hydrogen-bond donors (Lipinski definition) is 2. The number of aliphatic hydroxyl groups excluding tert-OH is 1. The van der Waals surface area contributed by atoms with Crippen molar-refractivity contribution in [3.05, 3.63) is 40.2 Å². The van der Waals surface area contributed by atoms with Crippen molar-refractivity contribution in [2.75, 3.05) is 36.0 Å². The molecular weight excluding hydrogens is 482 g/mol. The number of benzene rings is 1. The molecule has 2 aliphatic heterocycles. The molecule has 1 unspecified atom stereocenters. The summed E-state index contributed by atoms with van der Waals surface area (Å²) in [4.78, 5) is 40.5. The van der Waals surface area contributed by atoms with E-state index in [2.05, 4.69) is 5.32 Å². The summed E-state index contributed by atoms with van der Waals surface area (Å²) < 4.78 is 11.0. The largest absolute Gasteiger partial charge is 0.442 e. The Labute approximate surface area is 206 Å². The van der Waals surface area contributed by atoms with Crippen molar-refractivity contribution in [1.82, 2.24) is 5.32 Å². The van der Waals surface area contributed by atoms with Crippen LogP contribution in [0.2, 0.25) is 4.34 Å². The normalized spacial score (nSPS) is 20.4. The fourth-order valence-electron chi connectivity index (χ4n) is 4.24. The zero-order chi connectivity index (χ0) is 24.2. The molecule has 0 saturated carbocycles. The predicted octanol–water partition coefficient (Wildman–Crippen LogP) is 3.95. The number of carbonyl (C=O) groups excluding carboxylic acids is 3. The summed E-state index contributed by atoms with van der Waals surface area (Å²) >= 11 is 6.96. The van der Waals surface area contributed by atoms with E-state index >= 15 is 0 Å². The van der Waals surface area contributed by atoms with Gasteiger partial charge in [0, 0.05) is 30.4 Å². The summed E-state index contributed by atoms with van der Waals surface area (Å²) in [6.45, 7) is 2.90. The summed E-state index contributed by atoms with van der Waals surface area (Å²) in [7, 11) is 0. The molecular formula is C23H26ClN3O6S. The summed E-state index contributed by atoms with van der Waals surface area (Å²) in [5.41, 5.74) is 2.32. The number of aliphatic hydroxyl groups is 1. The highest BCUT2D eigenvalue weighted by Gasteiger charge is 2.34. The molecule has 34 heavy (non-hydrogen) atoms. The first-order chi connectivity index (χ1) is 16.4. The number of halogens is 1. The van der Waals surface area contributed by atoms with Gasteiger partial charge in [-0.2, -0.15) is 0 Å². The molecule has 11 heteroatoms. The monoisotopic (exact) mass is 507 g/mol. The number of amides is 3. The van der Waals surface area contributed by atoms with Gasteiger partial charge >= 0.3 is 12.2 Å². The number of thiophene rings is 1. The lowest BCUT2D eigenvalue weighted by Gasteiger charge is -2.33. The Morgan fingerprint density at radius 1 is 1.29 bits per heavy atom. The lowest BCUT2D eigenvalue weighted by Crippen LogP contribution is -2.42. The fraction of sp³-hybridized carbons (Fsp3) is 0.435. The summed E-state index contributed by atoms with van der Waals surface area (Å²) in [5.74, 6) is -0.136. The average molecular weight is 508 g/mol. The lowest BCUT2D eigenvalue weighted by atomic mass is 9.93. The van der Waals surface area contributed by atoms with Crippen LogP contribution in [0.3, 0.4) is 0 Å². The Balaban J connectivity index is 1.36. The highest BCUT2D eigenvalue weighted by atomic mass is 35.5. The third kappa shape index (κ3) is 5.45. The minimum Gasteiger partial charge on any atom is -0.442 e. The Morgan fingerprint density at radius 3 is 2.82 bits per heavy atom. The highest BCUT2D eigenvalue weighted by Crippen LogP contribution is 2.32. The van der Waals surface area contributed by atoms with Crippen LogP contribution >= 0.6 is 22.9 Å². The molecule has 4 rings (SSSR count). The minimum atomic E-state index is -0.654. The SMILES string of the molecule is Cc1cc(N2C[C@H](CNC(=O)Oc3ccc(Cl)s3)OC2=O)ccc1N1CCCC(CCO)C1=O. The number of anilines is 2. The van der Waals surface area contributed by atoms with E-state index in [0.29, 0.717) is 28.1 Å². The molecule has 2 aromatic rings. The fourth-order valence-corrected chi connectivity index (χ4v) is 5.11. The maximum Gasteiger partial charge on any atom is 0.414 e. The maximum absolute atomic E-state index is 12.8. The third-order valence-electron chi connectivity index (χ3n) is 5.90. The Morgan fingerprint density at radius 2 is 2.12 bits per heavy atom. The molecule has 1 aromatic carbocycles. The van der Waals surface area contributed by atoms with Gasteiger partial charge in [0.1, 0.15) is 6.10 Å². The minimum absolute atomic E-state index is 0.00459. The summed E-state index contributed by atoms with van der Waals surface area (Å²) in [5, 5.41) is 12.2. The van der Waals surface area contributed by atoms with E-state index in [1.807, 2.05) is 19.1 Å². The molecule has 2 saturated heterocycles. The molecule has 182 valence electrons. The van der Waals surface area contributed by atoms with Crippen molar-refractivity contribution >= 4 is 52.4 Å². The van der Waals surface area contributed by atoms with Crippen LogP contribution in [0.1, 0.15) is 24.8 Å². The second-order valence-electron chi connectivity index (χ2n) is 8.26. The van der Waals surface area contributed by atoms with Gasteiger partial charge in [-0.3, -0.25) is 9.69 Å². The standard InChI is InChI=1S/C23H26ClN3O6S/c1-14-11-16(4-5-18(14)26-9-2-3-15(8-10-28)21(26)29)27-13-17(32-23(27)31)12-25-22(30)33-20-7-6-19(24)34-20/h4-7,11,15,17,28H,2-3,8-10,12-13H2,1H3,(H,25,30)/t15?,17-/m0/s1. The molecule has 3 amide bonds. The van der Waals surface area contributed by atoms with Gasteiger partial charge in [0.2, 0.25) is 5.91 Å². The first-order valence-corrected chi connectivity index (χ1v) is 12.3. The Hall–Kier alpha value is -2.82. The zero-order valence-corrected chi connectivity index (χ0v) is 20.2. The van der Waals surface area contributed by atoms with Crippen LogP contribution < -0.4 is 19.9 Å². The van der Waals surface area contributed by atoms with Crippen molar-refractivity contribution in [2.45, 2.75) is 32.3 Å². The first-order valence-electron chi connectivity index (χ1n) is 11.1. The highest BCUT2D eigenvalue weighted by molar-refractivity contribution is 7.17. The van der Waals surface area contributed by atoms with Crippen LogP contribution in [-0.2, 0) is 9.53 Å². The van der Waals surface area contributed by atoms with Crippen molar-refractivity contribution in [3.8, 4) is 5.06 Å². The van der Waals surface area contributed by atoms with Crippen LogP contribution in [0.5, 0.6) is 5.06 Å². The molecule has 0 spiro atoms. The second kappa shape index (κ2) is 10.6. The van der Waals surface area contributed by atoms with Crippen LogP contribution in [0, 0.1) is 12.8 Å². The van der Waals surface area contributed by atoms with E-state index in [1.54, 1.807) is 23.1 Å². The van der Waals surface area contributed by atoms with E-state index in [-0.39, 0.29) is 31.5 Å². The maximum atomic E-state index is 12.8. The summed E-state index contributed by atoms with van der Waals surface area (Å²) in [6, 6.07) is 8.71. The van der Waals surface area contributed by atoms with Gasteiger partial charge in [-0.05, 0) is 62.1 Å².